The van der Waals surface area contributed by atoms with Crippen molar-refractivity contribution in [2.75, 3.05) is 6.54 Å². The van der Waals surface area contributed by atoms with Crippen LogP contribution in [0.25, 0.3) is 17.0 Å². The van der Waals surface area contributed by atoms with E-state index in [1.165, 1.54) is 12.3 Å². The normalized spacial score (nSPS) is 12.6. The molecule has 3 aromatic rings. The summed E-state index contributed by atoms with van der Waals surface area (Å²) in [5.74, 6) is 0.144. The zero-order valence-electron chi connectivity index (χ0n) is 12.3. The summed E-state index contributed by atoms with van der Waals surface area (Å²) < 4.78 is 5.08. The summed E-state index contributed by atoms with van der Waals surface area (Å²) in [7, 11) is 0. The van der Waals surface area contributed by atoms with Gasteiger partial charge in [0.2, 0.25) is 5.91 Å². The van der Waals surface area contributed by atoms with Gasteiger partial charge in [-0.25, -0.2) is 0 Å². The highest BCUT2D eigenvalue weighted by atomic mass is 16.4. The molecule has 1 unspecified atom stereocenters. The molecule has 2 N–H and O–H groups in total. The van der Waals surface area contributed by atoms with Gasteiger partial charge in [-0.3, -0.25) is 9.78 Å². The maximum absolute atomic E-state index is 11.9. The second-order valence-corrected chi connectivity index (χ2v) is 5.03. The lowest BCUT2D eigenvalue weighted by atomic mass is 10.1. The summed E-state index contributed by atoms with van der Waals surface area (Å²) in [6.45, 7) is 0.0911. The minimum atomic E-state index is -0.857. The number of para-hydroxylation sites is 1. The number of hydrogen-bond donors (Lipinski definition) is 2. The average Bonchev–Trinajstić information content (AvgIpc) is 3.12. The Bertz CT molecular complexity index is 820. The number of nitrogens with one attached hydrogen (secondary N) is 1. The minimum absolute atomic E-state index is 0.0911. The maximum atomic E-state index is 11.9. The van der Waals surface area contributed by atoms with Crippen molar-refractivity contribution in [3.05, 3.63) is 72.3 Å². The number of carbonyl (C=O) groups is 1. The number of nitrogens with zero attached hydrogens (tertiary/aromatic N) is 1. The van der Waals surface area contributed by atoms with Crippen LogP contribution in [0.2, 0.25) is 0 Å². The molecule has 0 saturated heterocycles. The molecule has 0 bridgehead atoms. The highest BCUT2D eigenvalue weighted by molar-refractivity contribution is 5.95. The molecule has 0 fully saturated rings. The molecule has 1 amide bonds. The number of rotatable bonds is 5. The van der Waals surface area contributed by atoms with Gasteiger partial charge in [0.1, 0.15) is 11.9 Å². The fourth-order valence-corrected chi connectivity index (χ4v) is 2.27. The lowest BCUT2D eigenvalue weighted by Crippen LogP contribution is -2.26. The van der Waals surface area contributed by atoms with Crippen molar-refractivity contribution in [3.8, 4) is 0 Å². The Morgan fingerprint density at radius 1 is 1.26 bits per heavy atom. The number of aliphatic hydroxyl groups is 1. The van der Waals surface area contributed by atoms with Crippen LogP contribution >= 0.6 is 0 Å². The highest BCUT2D eigenvalue weighted by Gasteiger charge is 2.10. The number of pyridine rings is 1. The van der Waals surface area contributed by atoms with Gasteiger partial charge in [-0.05, 0) is 35.9 Å². The summed E-state index contributed by atoms with van der Waals surface area (Å²) in [4.78, 5) is 16.2. The minimum Gasteiger partial charge on any atom is -0.467 e. The second-order valence-electron chi connectivity index (χ2n) is 5.03. The van der Waals surface area contributed by atoms with Crippen molar-refractivity contribution in [3.63, 3.8) is 0 Å². The van der Waals surface area contributed by atoms with Gasteiger partial charge in [0.15, 0.2) is 0 Å². The van der Waals surface area contributed by atoms with Crippen LogP contribution in [0.4, 0.5) is 0 Å². The molecule has 0 saturated carbocycles. The van der Waals surface area contributed by atoms with Crippen molar-refractivity contribution in [1.82, 2.24) is 10.3 Å². The molecule has 1 aromatic carbocycles. The first-order valence-electron chi connectivity index (χ1n) is 7.25. The fourth-order valence-electron chi connectivity index (χ4n) is 2.27. The summed E-state index contributed by atoms with van der Waals surface area (Å²) in [5, 5.41) is 13.5. The van der Waals surface area contributed by atoms with Gasteiger partial charge >= 0.3 is 0 Å². The van der Waals surface area contributed by atoms with Crippen LogP contribution in [0.3, 0.4) is 0 Å². The Balaban J connectivity index is 1.64. The van der Waals surface area contributed by atoms with E-state index in [2.05, 4.69) is 10.3 Å². The smallest absolute Gasteiger partial charge is 0.244 e. The van der Waals surface area contributed by atoms with Crippen LogP contribution in [0.15, 0.2) is 65.4 Å². The van der Waals surface area contributed by atoms with Crippen molar-refractivity contribution in [2.24, 2.45) is 0 Å². The van der Waals surface area contributed by atoms with E-state index in [4.69, 9.17) is 4.42 Å². The van der Waals surface area contributed by atoms with E-state index in [0.29, 0.717) is 5.76 Å². The van der Waals surface area contributed by atoms with Crippen molar-refractivity contribution in [1.29, 1.82) is 0 Å². The largest absolute Gasteiger partial charge is 0.467 e. The topological polar surface area (TPSA) is 75.4 Å². The molecule has 0 aliphatic rings. The van der Waals surface area contributed by atoms with Crippen molar-refractivity contribution in [2.45, 2.75) is 6.10 Å². The third kappa shape index (κ3) is 3.64. The van der Waals surface area contributed by atoms with E-state index in [1.807, 2.05) is 30.3 Å². The monoisotopic (exact) mass is 308 g/mol. The number of furan rings is 1. The number of fused-ring (bicyclic) bond motifs is 1. The average molecular weight is 308 g/mol. The van der Waals surface area contributed by atoms with Gasteiger partial charge in [-0.1, -0.05) is 18.2 Å². The van der Waals surface area contributed by atoms with Crippen LogP contribution in [0.1, 0.15) is 17.4 Å². The van der Waals surface area contributed by atoms with E-state index < -0.39 is 6.10 Å². The summed E-state index contributed by atoms with van der Waals surface area (Å²) >= 11 is 0. The van der Waals surface area contributed by atoms with E-state index in [9.17, 15) is 9.90 Å². The molecule has 1 atom stereocenters. The first-order chi connectivity index (χ1) is 11.2. The van der Waals surface area contributed by atoms with Crippen LogP contribution in [0, 0.1) is 0 Å². The van der Waals surface area contributed by atoms with E-state index in [0.717, 1.165) is 16.5 Å². The molecule has 2 aromatic heterocycles. The molecule has 3 rings (SSSR count). The molecular weight excluding hydrogens is 292 g/mol. The number of aromatic nitrogens is 1. The fraction of sp³-hybridized carbons (Fsp3) is 0.111. The highest BCUT2D eigenvalue weighted by Crippen LogP contribution is 2.17. The van der Waals surface area contributed by atoms with Gasteiger partial charge in [0.05, 0.1) is 18.3 Å². The predicted molar refractivity (Wildman–Crippen MR) is 87.5 cm³/mol. The molecule has 2 heterocycles. The standard InChI is InChI=1S/C18H16N2O3/c21-16(17-6-3-11-23-17)12-20-18(22)8-7-13-9-10-19-15-5-2-1-4-14(13)15/h1-11,16,21H,12H2,(H,20,22)/b8-7+. The maximum Gasteiger partial charge on any atom is 0.244 e. The quantitative estimate of drug-likeness (QED) is 0.711. The van der Waals surface area contributed by atoms with Gasteiger partial charge in [-0.2, -0.15) is 0 Å². The van der Waals surface area contributed by atoms with Crippen LogP contribution in [-0.4, -0.2) is 22.5 Å². The molecule has 23 heavy (non-hydrogen) atoms. The summed E-state index contributed by atoms with van der Waals surface area (Å²) in [6.07, 6.45) is 5.51. The lowest BCUT2D eigenvalue weighted by molar-refractivity contribution is -0.116. The molecule has 5 nitrogen and oxygen atoms in total. The molecule has 0 aliphatic heterocycles. The van der Waals surface area contributed by atoms with Gasteiger partial charge in [0, 0.05) is 17.7 Å². The van der Waals surface area contributed by atoms with Gasteiger partial charge in [0.25, 0.3) is 0 Å². The number of carbonyl (C=O) groups excluding carboxylic acids is 1. The number of aliphatic hydroxyl groups excluding tert-OH is 1. The first kappa shape index (κ1) is 15.0. The summed E-state index contributed by atoms with van der Waals surface area (Å²) in [6, 6.07) is 12.9. The zero-order valence-corrected chi connectivity index (χ0v) is 12.3. The summed E-state index contributed by atoms with van der Waals surface area (Å²) in [5.41, 5.74) is 1.79. The van der Waals surface area contributed by atoms with Crippen LogP contribution in [-0.2, 0) is 4.79 Å². The lowest BCUT2D eigenvalue weighted by Gasteiger charge is -2.07. The van der Waals surface area contributed by atoms with Gasteiger partial charge in [-0.15, -0.1) is 0 Å². The molecule has 116 valence electrons. The first-order valence-corrected chi connectivity index (χ1v) is 7.25. The predicted octanol–water partition coefficient (Wildman–Crippen LogP) is 2.69. The molecule has 5 heteroatoms. The van der Waals surface area contributed by atoms with Gasteiger partial charge < -0.3 is 14.8 Å². The van der Waals surface area contributed by atoms with Crippen molar-refractivity contribution >= 4 is 22.9 Å². The molecule has 0 spiro atoms. The number of hydrogen-bond acceptors (Lipinski definition) is 4. The molecule has 0 aliphatic carbocycles. The third-order valence-corrected chi connectivity index (χ3v) is 3.44. The Hall–Kier alpha value is -2.92. The molecule has 0 radical (unpaired) electrons. The van der Waals surface area contributed by atoms with E-state index >= 15 is 0 Å². The third-order valence-electron chi connectivity index (χ3n) is 3.44. The Morgan fingerprint density at radius 2 is 2.13 bits per heavy atom. The number of benzene rings is 1. The second kappa shape index (κ2) is 6.89. The van der Waals surface area contributed by atoms with Crippen molar-refractivity contribution < 1.29 is 14.3 Å². The van der Waals surface area contributed by atoms with Crippen LogP contribution < -0.4 is 5.32 Å². The van der Waals surface area contributed by atoms with E-state index in [-0.39, 0.29) is 12.5 Å². The Morgan fingerprint density at radius 3 is 2.96 bits per heavy atom. The van der Waals surface area contributed by atoms with Crippen LogP contribution in [0.5, 0.6) is 0 Å². The molecular formula is C18H16N2O3. The Labute approximate surface area is 133 Å². The number of amides is 1. The SMILES string of the molecule is O=C(/C=C/c1ccnc2ccccc12)NCC(O)c1ccco1. The van der Waals surface area contributed by atoms with E-state index in [1.54, 1.807) is 24.4 Å². The Kier molecular flexibility index (Phi) is 4.49. The zero-order chi connectivity index (χ0) is 16.1.